The number of pyridine rings is 1. The fraction of sp³-hybridized carbons (Fsp3) is 0.462. The number of nitrogens with one attached hydrogen (secondary N) is 1. The number of carbonyl (C=O) groups excluding carboxylic acids is 3. The van der Waals surface area contributed by atoms with Gasteiger partial charge in [-0.15, -0.1) is 0 Å². The highest BCUT2D eigenvalue weighted by Crippen LogP contribution is 2.48. The molecule has 0 spiro atoms. The molecule has 0 radical (unpaired) electrons. The van der Waals surface area contributed by atoms with Gasteiger partial charge in [0.2, 0.25) is 12.7 Å². The third-order valence-electron chi connectivity index (χ3n) is 7.24. The number of hydrogen-bond acceptors (Lipinski definition) is 9. The van der Waals surface area contributed by atoms with Crippen molar-refractivity contribution in [1.29, 1.82) is 0 Å². The zero-order valence-corrected chi connectivity index (χ0v) is 20.4. The minimum absolute atomic E-state index is 0.0830. The van der Waals surface area contributed by atoms with Gasteiger partial charge in [-0.3, -0.25) is 9.78 Å². The zero-order valence-electron chi connectivity index (χ0n) is 20.4. The standard InChI is InChI=1S/C26H29BN2O8/c30-23(34-16-35-25(32)36-19-8-2-1-3-9-19)20-10-4-6-17-14-21(27(33)37-22(17)20)29-24(31)26(11-12-26)18-7-5-13-28-15-18/h4-7,10,13,15,19,21,33H,1-3,8-9,11-12,14,16H2,(H,29,31)/t21-/m0/s1. The topological polar surface area (TPSA) is 133 Å². The molecule has 2 fully saturated rings. The van der Waals surface area contributed by atoms with E-state index in [1.54, 1.807) is 30.6 Å². The van der Waals surface area contributed by atoms with Crippen LogP contribution in [0.3, 0.4) is 0 Å². The number of ether oxygens (including phenoxy) is 3. The first kappa shape index (κ1) is 25.1. The Morgan fingerprint density at radius 2 is 1.92 bits per heavy atom. The van der Waals surface area contributed by atoms with Crippen molar-refractivity contribution in [3.8, 4) is 5.75 Å². The van der Waals surface area contributed by atoms with Crippen molar-refractivity contribution in [3.05, 3.63) is 59.4 Å². The lowest BCUT2D eigenvalue weighted by atomic mass is 9.72. The van der Waals surface area contributed by atoms with E-state index in [0.717, 1.165) is 37.7 Å². The molecule has 3 aliphatic rings. The predicted octanol–water partition coefficient (Wildman–Crippen LogP) is 2.85. The minimum atomic E-state index is -1.36. The Morgan fingerprint density at radius 1 is 1.11 bits per heavy atom. The highest BCUT2D eigenvalue weighted by atomic mass is 16.8. The number of amides is 1. The first-order valence-corrected chi connectivity index (χ1v) is 12.6. The molecule has 194 valence electrons. The fourth-order valence-corrected chi connectivity index (χ4v) is 4.99. The van der Waals surface area contributed by atoms with E-state index < -0.39 is 37.4 Å². The Labute approximate surface area is 214 Å². The maximum Gasteiger partial charge on any atom is 0.547 e. The van der Waals surface area contributed by atoms with Crippen LogP contribution in [-0.2, 0) is 30.8 Å². The summed E-state index contributed by atoms with van der Waals surface area (Å²) < 4.78 is 20.9. The van der Waals surface area contributed by atoms with Gasteiger partial charge in [0.15, 0.2) is 0 Å². The Kier molecular flexibility index (Phi) is 7.32. The second kappa shape index (κ2) is 10.8. The monoisotopic (exact) mass is 508 g/mol. The maximum atomic E-state index is 13.1. The number of esters is 1. The number of rotatable bonds is 7. The Morgan fingerprint density at radius 3 is 2.65 bits per heavy atom. The van der Waals surface area contributed by atoms with Crippen LogP contribution >= 0.6 is 0 Å². The van der Waals surface area contributed by atoms with Gasteiger partial charge in [0.05, 0.1) is 11.4 Å². The molecule has 2 aromatic rings. The van der Waals surface area contributed by atoms with Gasteiger partial charge >= 0.3 is 19.2 Å². The minimum Gasteiger partial charge on any atom is -0.534 e. The number of para-hydroxylation sites is 1. The molecule has 2 aliphatic carbocycles. The van der Waals surface area contributed by atoms with Gasteiger partial charge in [0, 0.05) is 12.4 Å². The van der Waals surface area contributed by atoms with E-state index in [1.165, 1.54) is 6.07 Å². The second-order valence-electron chi connectivity index (χ2n) is 9.73. The van der Waals surface area contributed by atoms with E-state index in [9.17, 15) is 19.4 Å². The number of hydrogen-bond donors (Lipinski definition) is 2. The van der Waals surface area contributed by atoms with Gasteiger partial charge in [-0.25, -0.2) is 9.59 Å². The van der Waals surface area contributed by atoms with Gasteiger partial charge in [-0.1, -0.05) is 24.6 Å². The summed E-state index contributed by atoms with van der Waals surface area (Å²) in [6.07, 6.45) is 8.72. The van der Waals surface area contributed by atoms with Crippen LogP contribution in [-0.4, -0.2) is 54.0 Å². The van der Waals surface area contributed by atoms with Crippen LogP contribution in [0.2, 0.25) is 0 Å². The summed E-state index contributed by atoms with van der Waals surface area (Å²) in [7, 11) is -1.36. The summed E-state index contributed by atoms with van der Waals surface area (Å²) in [5.74, 6) is -1.49. The quantitative estimate of drug-likeness (QED) is 0.329. The van der Waals surface area contributed by atoms with Crippen LogP contribution < -0.4 is 9.97 Å². The van der Waals surface area contributed by atoms with Crippen LogP contribution in [0, 0.1) is 0 Å². The van der Waals surface area contributed by atoms with Crippen LogP contribution in [0.25, 0.3) is 0 Å². The summed E-state index contributed by atoms with van der Waals surface area (Å²) in [6.45, 7) is -0.605. The van der Waals surface area contributed by atoms with E-state index in [2.05, 4.69) is 10.3 Å². The first-order valence-electron chi connectivity index (χ1n) is 12.6. The average molecular weight is 508 g/mol. The van der Waals surface area contributed by atoms with E-state index in [4.69, 9.17) is 18.9 Å². The van der Waals surface area contributed by atoms with E-state index in [1.807, 2.05) is 6.07 Å². The Hall–Kier alpha value is -3.60. The van der Waals surface area contributed by atoms with Crippen LogP contribution in [0.1, 0.15) is 66.4 Å². The first-order chi connectivity index (χ1) is 18.0. The summed E-state index contributed by atoms with van der Waals surface area (Å²) >= 11 is 0. The molecule has 1 aromatic heterocycles. The van der Waals surface area contributed by atoms with Gasteiger partial charge < -0.3 is 29.2 Å². The molecule has 5 rings (SSSR count). The third-order valence-corrected chi connectivity index (χ3v) is 7.24. The smallest absolute Gasteiger partial charge is 0.534 e. The van der Waals surface area contributed by atoms with Crippen molar-refractivity contribution in [1.82, 2.24) is 10.3 Å². The molecule has 1 aromatic carbocycles. The largest absolute Gasteiger partial charge is 0.547 e. The molecule has 0 unspecified atom stereocenters. The molecule has 11 heteroatoms. The molecule has 1 aliphatic heterocycles. The Balaban J connectivity index is 1.17. The zero-order chi connectivity index (χ0) is 25.8. The summed E-state index contributed by atoms with van der Waals surface area (Å²) in [5.41, 5.74) is 0.917. The maximum absolute atomic E-state index is 13.1. The number of carbonyl (C=O) groups is 3. The predicted molar refractivity (Wildman–Crippen MR) is 131 cm³/mol. The second-order valence-corrected chi connectivity index (χ2v) is 9.73. The van der Waals surface area contributed by atoms with E-state index in [-0.39, 0.29) is 29.7 Å². The highest BCUT2D eigenvalue weighted by molar-refractivity contribution is 6.47. The lowest BCUT2D eigenvalue weighted by molar-refractivity contribution is -0.124. The molecule has 1 atom stereocenters. The SMILES string of the molecule is O=C(OCOC(=O)c1cccc2c1OB(O)[C@@H](NC(=O)C1(c3cccnc3)CC1)C2)OC1CCCCC1. The van der Waals surface area contributed by atoms with Crippen LogP contribution in [0.15, 0.2) is 42.7 Å². The summed E-state index contributed by atoms with van der Waals surface area (Å²) in [6, 6.07) is 8.58. The molecule has 0 saturated heterocycles. The lowest BCUT2D eigenvalue weighted by Gasteiger charge is -2.30. The molecule has 1 amide bonds. The molecule has 2 N–H and O–H groups in total. The number of fused-ring (bicyclic) bond motifs is 1. The third kappa shape index (κ3) is 5.56. The molecule has 2 saturated carbocycles. The van der Waals surface area contributed by atoms with Crippen LogP contribution in [0.4, 0.5) is 4.79 Å². The molecular formula is C26H29BN2O8. The summed E-state index contributed by atoms with van der Waals surface area (Å²) in [5, 5.41) is 13.6. The number of nitrogens with zero attached hydrogens (tertiary/aromatic N) is 1. The normalized spacial score (nSPS) is 20.1. The van der Waals surface area contributed by atoms with Crippen molar-refractivity contribution in [2.24, 2.45) is 0 Å². The molecule has 37 heavy (non-hydrogen) atoms. The summed E-state index contributed by atoms with van der Waals surface area (Å²) in [4.78, 5) is 41.7. The van der Waals surface area contributed by atoms with Crippen molar-refractivity contribution >= 4 is 25.2 Å². The van der Waals surface area contributed by atoms with E-state index in [0.29, 0.717) is 18.4 Å². The van der Waals surface area contributed by atoms with Crippen molar-refractivity contribution in [2.45, 2.75) is 68.8 Å². The van der Waals surface area contributed by atoms with Gasteiger partial charge in [-0.05, 0) is 68.2 Å². The van der Waals surface area contributed by atoms with Crippen molar-refractivity contribution in [3.63, 3.8) is 0 Å². The van der Waals surface area contributed by atoms with Gasteiger partial charge in [0.25, 0.3) is 0 Å². The Bertz CT molecular complexity index is 1150. The average Bonchev–Trinajstić information content (AvgIpc) is 3.72. The van der Waals surface area contributed by atoms with Crippen molar-refractivity contribution < 1.29 is 38.3 Å². The number of benzene rings is 1. The highest BCUT2D eigenvalue weighted by Gasteiger charge is 2.53. The van der Waals surface area contributed by atoms with Gasteiger partial charge in [0.1, 0.15) is 17.4 Å². The van der Waals surface area contributed by atoms with Crippen molar-refractivity contribution in [2.75, 3.05) is 6.79 Å². The fourth-order valence-electron chi connectivity index (χ4n) is 4.99. The molecule has 0 bridgehead atoms. The van der Waals surface area contributed by atoms with Crippen LogP contribution in [0.5, 0.6) is 5.75 Å². The molecular weight excluding hydrogens is 479 g/mol. The molecule has 2 heterocycles. The van der Waals surface area contributed by atoms with Gasteiger partial charge in [-0.2, -0.15) is 0 Å². The van der Waals surface area contributed by atoms with E-state index >= 15 is 0 Å². The molecule has 10 nitrogen and oxygen atoms in total. The number of aromatic nitrogens is 1. The lowest BCUT2D eigenvalue weighted by Crippen LogP contribution is -2.55.